The average molecular weight is 269 g/mol. The van der Waals surface area contributed by atoms with Gasteiger partial charge in [0, 0.05) is 18.6 Å². The zero-order valence-corrected chi connectivity index (χ0v) is 13.3. The summed E-state index contributed by atoms with van der Waals surface area (Å²) in [6.07, 6.45) is 7.03. The molecule has 2 nitrogen and oxygen atoms in total. The first kappa shape index (κ1) is 14.7. The molecule has 0 aromatic rings. The van der Waals surface area contributed by atoms with Gasteiger partial charge in [-0.3, -0.25) is 5.41 Å². The average Bonchev–Trinajstić information content (AvgIpc) is 2.45. The van der Waals surface area contributed by atoms with E-state index in [9.17, 15) is 0 Å². The monoisotopic (exact) mass is 269 g/mol. The molecule has 1 N–H and O–H groups in total. The molecular weight excluding hydrogens is 244 g/mol. The van der Waals surface area contributed by atoms with Crippen molar-refractivity contribution >= 4 is 11.4 Å². The van der Waals surface area contributed by atoms with E-state index in [0.29, 0.717) is 5.71 Å². The molecule has 2 heteroatoms. The Labute approximate surface area is 122 Å². The maximum absolute atomic E-state index is 8.51. The lowest BCUT2D eigenvalue weighted by molar-refractivity contribution is -0.571. The van der Waals surface area contributed by atoms with Crippen LogP contribution in [0.2, 0.25) is 0 Å². The molecule has 20 heavy (non-hydrogen) atoms. The molecule has 0 fully saturated rings. The summed E-state index contributed by atoms with van der Waals surface area (Å²) in [5.41, 5.74) is 4.68. The van der Waals surface area contributed by atoms with E-state index in [1.165, 1.54) is 11.1 Å². The highest BCUT2D eigenvalue weighted by Crippen LogP contribution is 2.54. The molecule has 0 saturated heterocycles. The molecular formula is C18H25N2+. The van der Waals surface area contributed by atoms with Gasteiger partial charge in [-0.1, -0.05) is 25.7 Å². The van der Waals surface area contributed by atoms with Crippen molar-refractivity contribution in [3.05, 3.63) is 48.2 Å². The van der Waals surface area contributed by atoms with Crippen molar-refractivity contribution in [2.24, 2.45) is 5.41 Å². The fraction of sp³-hybridized carbons (Fsp3) is 0.444. The van der Waals surface area contributed by atoms with E-state index in [2.05, 4.69) is 57.6 Å². The number of fused-ring (bicyclic) bond motifs is 1. The van der Waals surface area contributed by atoms with Crippen molar-refractivity contribution in [1.82, 2.24) is 0 Å². The third-order valence-corrected chi connectivity index (χ3v) is 5.44. The summed E-state index contributed by atoms with van der Waals surface area (Å²) in [7, 11) is 0. The Hall–Kier alpha value is -1.70. The second kappa shape index (κ2) is 4.41. The molecule has 2 heterocycles. The molecule has 0 radical (unpaired) electrons. The van der Waals surface area contributed by atoms with Gasteiger partial charge < -0.3 is 0 Å². The van der Waals surface area contributed by atoms with E-state index < -0.39 is 0 Å². The zero-order chi connectivity index (χ0) is 15.3. The third-order valence-electron chi connectivity index (χ3n) is 5.44. The maximum atomic E-state index is 8.51. The maximum Gasteiger partial charge on any atom is 0.234 e. The van der Waals surface area contributed by atoms with Crippen LogP contribution in [0.4, 0.5) is 0 Å². The minimum atomic E-state index is -0.323. The highest BCUT2D eigenvalue weighted by Gasteiger charge is 2.69. The summed E-state index contributed by atoms with van der Waals surface area (Å²) in [6, 6.07) is 0. The second-order valence-electron chi connectivity index (χ2n) is 6.04. The van der Waals surface area contributed by atoms with E-state index in [1.807, 2.05) is 6.92 Å². The standard InChI is InChI=1S/C18H25N2/c1-8-11-14-12(4)13(5)20-15(9-2)16(19)18(20,7)17(14,6)10-3/h8-9,11,19H,2,5,10H2,1,3-4,6-7H3/q+1. The highest BCUT2D eigenvalue weighted by atomic mass is 15.2. The Morgan fingerprint density at radius 1 is 1.35 bits per heavy atom. The summed E-state index contributed by atoms with van der Waals surface area (Å²) < 4.78 is 2.20. The number of hydrogen-bond acceptors (Lipinski definition) is 1. The molecule has 106 valence electrons. The first-order chi connectivity index (χ1) is 9.31. The van der Waals surface area contributed by atoms with Gasteiger partial charge in [-0.25, -0.2) is 0 Å². The molecule has 0 saturated carbocycles. The smallest absolute Gasteiger partial charge is 0.234 e. The SMILES string of the molecule is C=CC1=[N+]2C(=C)C(C)=C(C=CC)C(C)(CC)C2(C)C1=N. The molecule has 2 rings (SSSR count). The van der Waals surface area contributed by atoms with Crippen LogP contribution in [0, 0.1) is 10.8 Å². The summed E-state index contributed by atoms with van der Waals surface area (Å²) in [5, 5.41) is 8.51. The van der Waals surface area contributed by atoms with Gasteiger partial charge in [0.2, 0.25) is 16.9 Å². The van der Waals surface area contributed by atoms with Crippen molar-refractivity contribution in [1.29, 1.82) is 5.41 Å². The van der Waals surface area contributed by atoms with Gasteiger partial charge in [-0.2, -0.15) is 4.58 Å². The van der Waals surface area contributed by atoms with Crippen LogP contribution in [-0.2, 0) is 0 Å². The third kappa shape index (κ3) is 1.34. The van der Waals surface area contributed by atoms with E-state index in [4.69, 9.17) is 5.41 Å². The topological polar surface area (TPSA) is 26.9 Å². The summed E-state index contributed by atoms with van der Waals surface area (Å²) in [5.74, 6) is 0. The summed E-state index contributed by atoms with van der Waals surface area (Å²) >= 11 is 0. The van der Waals surface area contributed by atoms with Crippen LogP contribution in [-0.4, -0.2) is 21.5 Å². The highest BCUT2D eigenvalue weighted by molar-refractivity contribution is 6.49. The molecule has 0 aliphatic carbocycles. The molecule has 0 aromatic carbocycles. The lowest BCUT2D eigenvalue weighted by Crippen LogP contribution is -2.71. The van der Waals surface area contributed by atoms with Crippen molar-refractivity contribution in [2.45, 2.75) is 46.6 Å². The first-order valence-electron chi connectivity index (χ1n) is 7.23. The molecule has 0 aromatic heterocycles. The fourth-order valence-electron chi connectivity index (χ4n) is 3.80. The quantitative estimate of drug-likeness (QED) is 0.741. The minimum absolute atomic E-state index is 0.0889. The van der Waals surface area contributed by atoms with Crippen LogP contribution in [0.25, 0.3) is 0 Å². The fourth-order valence-corrected chi connectivity index (χ4v) is 3.80. The molecule has 0 bridgehead atoms. The number of nitrogens with one attached hydrogen (secondary N) is 1. The normalized spacial score (nSPS) is 33.6. The van der Waals surface area contributed by atoms with Crippen LogP contribution >= 0.6 is 0 Å². The molecule has 0 amide bonds. The van der Waals surface area contributed by atoms with Gasteiger partial charge in [-0.15, -0.1) is 0 Å². The van der Waals surface area contributed by atoms with Crippen LogP contribution in [0.5, 0.6) is 0 Å². The Balaban J connectivity index is 2.85. The number of allylic oxidation sites excluding steroid dienone is 4. The van der Waals surface area contributed by atoms with Crippen molar-refractivity contribution < 1.29 is 4.58 Å². The Morgan fingerprint density at radius 2 is 1.95 bits per heavy atom. The van der Waals surface area contributed by atoms with E-state index >= 15 is 0 Å². The summed E-state index contributed by atoms with van der Waals surface area (Å²) in [4.78, 5) is 0. The van der Waals surface area contributed by atoms with Gasteiger partial charge in [0.1, 0.15) is 0 Å². The molecule has 2 unspecified atom stereocenters. The Kier molecular flexibility index (Phi) is 3.24. The number of nitrogens with zero attached hydrogens (tertiary/aromatic N) is 1. The minimum Gasteiger partial charge on any atom is -0.293 e. The zero-order valence-electron chi connectivity index (χ0n) is 13.3. The van der Waals surface area contributed by atoms with Gasteiger partial charge >= 0.3 is 0 Å². The van der Waals surface area contributed by atoms with Crippen LogP contribution in [0.1, 0.15) is 41.0 Å². The Morgan fingerprint density at radius 3 is 2.40 bits per heavy atom. The predicted molar refractivity (Wildman–Crippen MR) is 86.6 cm³/mol. The van der Waals surface area contributed by atoms with Crippen molar-refractivity contribution in [2.75, 3.05) is 0 Å². The molecule has 0 spiro atoms. The first-order valence-corrected chi connectivity index (χ1v) is 7.23. The predicted octanol–water partition coefficient (Wildman–Crippen LogP) is 4.25. The molecule has 2 aliphatic heterocycles. The van der Waals surface area contributed by atoms with Crippen molar-refractivity contribution in [3.63, 3.8) is 0 Å². The van der Waals surface area contributed by atoms with Gasteiger partial charge in [0.25, 0.3) is 0 Å². The van der Waals surface area contributed by atoms with Gasteiger partial charge in [0.15, 0.2) is 5.71 Å². The summed E-state index contributed by atoms with van der Waals surface area (Å²) in [6.45, 7) is 18.9. The van der Waals surface area contributed by atoms with E-state index in [-0.39, 0.29) is 11.0 Å². The number of hydrogen-bond donors (Lipinski definition) is 1. The van der Waals surface area contributed by atoms with E-state index in [1.54, 1.807) is 6.08 Å². The van der Waals surface area contributed by atoms with E-state index in [0.717, 1.165) is 17.8 Å². The molecule has 2 atom stereocenters. The van der Waals surface area contributed by atoms with Crippen LogP contribution in [0.3, 0.4) is 0 Å². The second-order valence-corrected chi connectivity index (χ2v) is 6.04. The Bertz CT molecular complexity index is 615. The number of rotatable bonds is 3. The van der Waals surface area contributed by atoms with Gasteiger partial charge in [0.05, 0.1) is 5.41 Å². The molecule has 2 aliphatic rings. The largest absolute Gasteiger partial charge is 0.293 e. The lowest BCUT2D eigenvalue weighted by Gasteiger charge is -2.52. The lowest BCUT2D eigenvalue weighted by atomic mass is 9.55. The van der Waals surface area contributed by atoms with Crippen LogP contribution in [0.15, 0.2) is 48.2 Å². The van der Waals surface area contributed by atoms with Crippen molar-refractivity contribution in [3.8, 4) is 0 Å². The van der Waals surface area contributed by atoms with Gasteiger partial charge in [-0.05, 0) is 39.3 Å². The van der Waals surface area contributed by atoms with Crippen LogP contribution < -0.4 is 0 Å².